The van der Waals surface area contributed by atoms with Crippen LogP contribution in [0.4, 0.5) is 11.5 Å². The Morgan fingerprint density at radius 2 is 1.92 bits per heavy atom. The number of aryl methyl sites for hydroxylation is 3. The molecule has 0 radical (unpaired) electrons. The zero-order valence-electron chi connectivity index (χ0n) is 14.2. The zero-order chi connectivity index (χ0) is 17.9. The fourth-order valence-corrected chi connectivity index (χ4v) is 2.36. The number of hydrogen-bond acceptors (Lipinski definition) is 5. The van der Waals surface area contributed by atoms with E-state index < -0.39 is 5.91 Å². The summed E-state index contributed by atoms with van der Waals surface area (Å²) in [5.74, 6) is -0.488. The van der Waals surface area contributed by atoms with Crippen LogP contribution in [-0.4, -0.2) is 28.8 Å². The minimum atomic E-state index is -0.640. The van der Waals surface area contributed by atoms with Crippen LogP contribution in [-0.2, 0) is 6.42 Å². The van der Waals surface area contributed by atoms with E-state index in [1.807, 2.05) is 20.8 Å². The summed E-state index contributed by atoms with van der Waals surface area (Å²) in [4.78, 5) is 32.1. The van der Waals surface area contributed by atoms with Crippen molar-refractivity contribution in [1.82, 2.24) is 15.3 Å². The Kier molecular flexibility index (Phi) is 5.13. The molecule has 1 heterocycles. The van der Waals surface area contributed by atoms with Gasteiger partial charge in [0.15, 0.2) is 11.5 Å². The second-order valence-electron chi connectivity index (χ2n) is 5.40. The summed E-state index contributed by atoms with van der Waals surface area (Å²) in [6, 6.07) is 5.21. The van der Waals surface area contributed by atoms with Crippen molar-refractivity contribution in [3.63, 3.8) is 0 Å². The van der Waals surface area contributed by atoms with Crippen molar-refractivity contribution in [2.45, 2.75) is 27.2 Å². The number of aromatic nitrogens is 2. The summed E-state index contributed by atoms with van der Waals surface area (Å²) >= 11 is 0. The number of benzene rings is 1. The molecule has 0 fully saturated rings. The number of primary amides is 1. The van der Waals surface area contributed by atoms with Gasteiger partial charge in [0.05, 0.1) is 11.4 Å². The summed E-state index contributed by atoms with van der Waals surface area (Å²) in [7, 11) is 1.58. The second-order valence-corrected chi connectivity index (χ2v) is 5.40. The first-order valence-electron chi connectivity index (χ1n) is 7.64. The van der Waals surface area contributed by atoms with Crippen LogP contribution in [0.1, 0.15) is 44.7 Å². The summed E-state index contributed by atoms with van der Waals surface area (Å²) < 4.78 is 0. The minimum absolute atomic E-state index is 0.104. The number of amides is 2. The molecule has 0 bridgehead atoms. The molecule has 126 valence electrons. The molecule has 2 rings (SSSR count). The number of nitrogens with one attached hydrogen (secondary N) is 2. The normalized spacial score (nSPS) is 10.3. The highest BCUT2D eigenvalue weighted by molar-refractivity contribution is 5.97. The molecule has 1 aromatic heterocycles. The average molecular weight is 327 g/mol. The number of hydrogen-bond donors (Lipinski definition) is 3. The van der Waals surface area contributed by atoms with Gasteiger partial charge in [-0.1, -0.05) is 6.92 Å². The van der Waals surface area contributed by atoms with Crippen LogP contribution in [0.5, 0.6) is 0 Å². The van der Waals surface area contributed by atoms with E-state index in [0.29, 0.717) is 17.8 Å². The molecule has 0 aliphatic rings. The highest BCUT2D eigenvalue weighted by atomic mass is 16.2. The predicted octanol–water partition coefficient (Wildman–Crippen LogP) is 1.86. The molecule has 0 aliphatic carbocycles. The molecule has 2 amide bonds. The Labute approximate surface area is 140 Å². The Balaban J connectivity index is 2.42. The maximum atomic E-state index is 11.7. The lowest BCUT2D eigenvalue weighted by Crippen LogP contribution is -2.19. The molecule has 0 aliphatic heterocycles. The van der Waals surface area contributed by atoms with Gasteiger partial charge in [-0.2, -0.15) is 0 Å². The topological polar surface area (TPSA) is 110 Å². The van der Waals surface area contributed by atoms with Crippen LogP contribution in [0.15, 0.2) is 18.2 Å². The molecule has 2 aromatic rings. The van der Waals surface area contributed by atoms with Crippen molar-refractivity contribution in [2.75, 3.05) is 12.4 Å². The number of anilines is 2. The molecule has 1 aromatic carbocycles. The molecule has 0 saturated carbocycles. The van der Waals surface area contributed by atoms with Crippen molar-refractivity contribution in [2.24, 2.45) is 5.73 Å². The molecule has 7 nitrogen and oxygen atoms in total. The van der Waals surface area contributed by atoms with Crippen LogP contribution < -0.4 is 16.4 Å². The summed E-state index contributed by atoms with van der Waals surface area (Å²) in [5.41, 5.74) is 9.13. The molecular formula is C17H21N5O2. The van der Waals surface area contributed by atoms with Crippen LogP contribution in [0.25, 0.3) is 0 Å². The van der Waals surface area contributed by atoms with Gasteiger partial charge in [-0.05, 0) is 44.0 Å². The van der Waals surface area contributed by atoms with Gasteiger partial charge < -0.3 is 16.4 Å². The van der Waals surface area contributed by atoms with Gasteiger partial charge >= 0.3 is 0 Å². The van der Waals surface area contributed by atoms with Crippen LogP contribution in [0.2, 0.25) is 0 Å². The lowest BCUT2D eigenvalue weighted by molar-refractivity contribution is 0.0961. The molecule has 0 saturated heterocycles. The van der Waals surface area contributed by atoms with Gasteiger partial charge in [0.2, 0.25) is 0 Å². The van der Waals surface area contributed by atoms with E-state index in [1.54, 1.807) is 25.2 Å². The Morgan fingerprint density at radius 3 is 2.46 bits per heavy atom. The maximum absolute atomic E-state index is 11.7. The highest BCUT2D eigenvalue weighted by Gasteiger charge is 2.16. The van der Waals surface area contributed by atoms with E-state index >= 15 is 0 Å². The van der Waals surface area contributed by atoms with Crippen LogP contribution in [0.3, 0.4) is 0 Å². The summed E-state index contributed by atoms with van der Waals surface area (Å²) in [5, 5.41) is 5.67. The van der Waals surface area contributed by atoms with Crippen molar-refractivity contribution in [3.05, 3.63) is 46.4 Å². The van der Waals surface area contributed by atoms with Crippen molar-refractivity contribution in [3.8, 4) is 0 Å². The first-order chi connectivity index (χ1) is 11.4. The third kappa shape index (κ3) is 3.51. The lowest BCUT2D eigenvalue weighted by atomic mass is 10.1. The molecule has 0 atom stereocenters. The average Bonchev–Trinajstić information content (AvgIpc) is 2.55. The summed E-state index contributed by atoms with van der Waals surface area (Å²) in [6.07, 6.45) is 0.666. The van der Waals surface area contributed by atoms with E-state index in [-0.39, 0.29) is 11.6 Å². The molecule has 0 spiro atoms. The van der Waals surface area contributed by atoms with Gasteiger partial charge in [0.1, 0.15) is 0 Å². The highest BCUT2D eigenvalue weighted by Crippen LogP contribution is 2.23. The van der Waals surface area contributed by atoms with E-state index in [2.05, 4.69) is 20.6 Å². The number of carbonyl (C=O) groups excluding carboxylic acids is 2. The fraction of sp³-hybridized carbons (Fsp3) is 0.294. The third-order valence-corrected chi connectivity index (χ3v) is 3.71. The van der Waals surface area contributed by atoms with Crippen LogP contribution in [0, 0.1) is 13.8 Å². The lowest BCUT2D eigenvalue weighted by Gasteiger charge is -2.14. The molecule has 0 unspecified atom stereocenters. The number of nitrogens with zero attached hydrogens (tertiary/aromatic N) is 2. The zero-order valence-corrected chi connectivity index (χ0v) is 14.2. The van der Waals surface area contributed by atoms with Gasteiger partial charge in [-0.15, -0.1) is 0 Å². The third-order valence-electron chi connectivity index (χ3n) is 3.71. The molecule has 24 heavy (non-hydrogen) atoms. The fourth-order valence-electron chi connectivity index (χ4n) is 2.36. The maximum Gasteiger partial charge on any atom is 0.271 e. The number of nitrogens with two attached hydrogens (primary N) is 1. The molecular weight excluding hydrogens is 306 g/mol. The molecule has 4 N–H and O–H groups in total. The number of carbonyl (C=O) groups is 2. The van der Waals surface area contributed by atoms with Gasteiger partial charge in [-0.3, -0.25) is 9.59 Å². The first-order valence-corrected chi connectivity index (χ1v) is 7.64. The minimum Gasteiger partial charge on any atom is -0.364 e. The Hall–Kier alpha value is -2.96. The SMILES string of the molecule is CCc1nc(C(N)=O)c(Nc2ccc(C(=O)NC)cc2C)nc1C. The Morgan fingerprint density at radius 1 is 1.21 bits per heavy atom. The smallest absolute Gasteiger partial charge is 0.271 e. The van der Waals surface area contributed by atoms with Crippen molar-refractivity contribution < 1.29 is 9.59 Å². The molecule has 7 heteroatoms. The van der Waals surface area contributed by atoms with E-state index in [0.717, 1.165) is 22.6 Å². The van der Waals surface area contributed by atoms with Crippen molar-refractivity contribution in [1.29, 1.82) is 0 Å². The quantitative estimate of drug-likeness (QED) is 0.776. The van der Waals surface area contributed by atoms with Gasteiger partial charge in [0, 0.05) is 18.3 Å². The van der Waals surface area contributed by atoms with E-state index in [4.69, 9.17) is 5.73 Å². The first kappa shape index (κ1) is 17.4. The summed E-state index contributed by atoms with van der Waals surface area (Å²) in [6.45, 7) is 5.64. The van der Waals surface area contributed by atoms with E-state index in [9.17, 15) is 9.59 Å². The predicted molar refractivity (Wildman–Crippen MR) is 92.5 cm³/mol. The van der Waals surface area contributed by atoms with Gasteiger partial charge in [-0.25, -0.2) is 9.97 Å². The Bertz CT molecular complexity index is 802. The monoisotopic (exact) mass is 327 g/mol. The second kappa shape index (κ2) is 7.08. The largest absolute Gasteiger partial charge is 0.364 e. The van der Waals surface area contributed by atoms with Gasteiger partial charge in [0.25, 0.3) is 11.8 Å². The van der Waals surface area contributed by atoms with E-state index in [1.165, 1.54) is 0 Å². The standard InChI is InChI=1S/C17H21N5O2/c1-5-12-10(3)20-16(14(21-12)15(18)23)22-13-7-6-11(8-9(13)2)17(24)19-4/h6-8H,5H2,1-4H3,(H2,18,23)(H,19,24)(H,20,22). The number of rotatable bonds is 5. The van der Waals surface area contributed by atoms with Crippen molar-refractivity contribution >= 4 is 23.3 Å². The van der Waals surface area contributed by atoms with Crippen LogP contribution >= 0.6 is 0 Å².